The Morgan fingerprint density at radius 3 is 2.79 bits per heavy atom. The second-order valence-electron chi connectivity index (χ2n) is 6.74. The SMILES string of the molecule is CCOc1c(C=C2CCc3c2oc2ccc(C(=O)O)cc2c3=O)cccc1OC. The van der Waals surface area contributed by atoms with E-state index in [1.54, 1.807) is 7.11 Å². The van der Waals surface area contributed by atoms with E-state index in [1.807, 2.05) is 31.2 Å². The second-order valence-corrected chi connectivity index (χ2v) is 6.74. The van der Waals surface area contributed by atoms with Crippen LogP contribution in [0.25, 0.3) is 22.6 Å². The molecule has 4 rings (SSSR count). The number of hydrogen-bond acceptors (Lipinski definition) is 5. The van der Waals surface area contributed by atoms with Gasteiger partial charge in [0.15, 0.2) is 16.9 Å². The number of para-hydroxylation sites is 1. The molecule has 0 radical (unpaired) electrons. The first kappa shape index (κ1) is 18.8. The third kappa shape index (κ3) is 3.27. The summed E-state index contributed by atoms with van der Waals surface area (Å²) < 4.78 is 17.2. The molecule has 0 fully saturated rings. The van der Waals surface area contributed by atoms with Gasteiger partial charge in [-0.25, -0.2) is 4.79 Å². The van der Waals surface area contributed by atoms with Crippen LogP contribution in [0, 0.1) is 0 Å². The fourth-order valence-corrected chi connectivity index (χ4v) is 3.66. The summed E-state index contributed by atoms with van der Waals surface area (Å²) in [5.74, 6) is 0.762. The highest BCUT2D eigenvalue weighted by atomic mass is 16.5. The molecule has 1 heterocycles. The van der Waals surface area contributed by atoms with Gasteiger partial charge in [0.25, 0.3) is 0 Å². The fraction of sp³-hybridized carbons (Fsp3) is 0.217. The van der Waals surface area contributed by atoms with Crippen LogP contribution in [0.5, 0.6) is 11.5 Å². The van der Waals surface area contributed by atoms with Gasteiger partial charge in [-0.15, -0.1) is 0 Å². The van der Waals surface area contributed by atoms with E-state index in [4.69, 9.17) is 13.9 Å². The van der Waals surface area contributed by atoms with Crippen LogP contribution in [0.4, 0.5) is 0 Å². The summed E-state index contributed by atoms with van der Waals surface area (Å²) in [5.41, 5.74) is 2.59. The van der Waals surface area contributed by atoms with Crippen LogP contribution in [0.2, 0.25) is 0 Å². The molecule has 0 bridgehead atoms. The molecular formula is C23H20O6. The Hall–Kier alpha value is -3.54. The van der Waals surface area contributed by atoms with Crippen molar-refractivity contribution in [3.05, 3.63) is 69.1 Å². The second kappa shape index (κ2) is 7.47. The van der Waals surface area contributed by atoms with Gasteiger partial charge in [0.1, 0.15) is 11.3 Å². The molecule has 0 aliphatic heterocycles. The third-order valence-corrected chi connectivity index (χ3v) is 5.02. The van der Waals surface area contributed by atoms with E-state index < -0.39 is 5.97 Å². The molecule has 0 saturated carbocycles. The molecule has 2 aromatic carbocycles. The zero-order chi connectivity index (χ0) is 20.5. The summed E-state index contributed by atoms with van der Waals surface area (Å²) in [6.45, 7) is 2.41. The molecule has 0 amide bonds. The van der Waals surface area contributed by atoms with Gasteiger partial charge in [0.05, 0.1) is 24.7 Å². The smallest absolute Gasteiger partial charge is 0.335 e. The predicted molar refractivity (Wildman–Crippen MR) is 110 cm³/mol. The van der Waals surface area contributed by atoms with E-state index in [0.29, 0.717) is 53.2 Å². The van der Waals surface area contributed by atoms with Crippen LogP contribution < -0.4 is 14.9 Å². The fourth-order valence-electron chi connectivity index (χ4n) is 3.66. The number of aromatic carboxylic acids is 1. The maximum atomic E-state index is 12.9. The molecule has 1 aliphatic carbocycles. The molecule has 0 saturated heterocycles. The van der Waals surface area contributed by atoms with E-state index in [-0.39, 0.29) is 11.0 Å². The van der Waals surface area contributed by atoms with Gasteiger partial charge in [-0.3, -0.25) is 4.79 Å². The summed E-state index contributed by atoms with van der Waals surface area (Å²) in [7, 11) is 1.59. The van der Waals surface area contributed by atoms with Crippen LogP contribution in [-0.2, 0) is 6.42 Å². The van der Waals surface area contributed by atoms with E-state index in [2.05, 4.69) is 0 Å². The monoisotopic (exact) mass is 392 g/mol. The van der Waals surface area contributed by atoms with Crippen LogP contribution in [0.1, 0.15) is 40.6 Å². The van der Waals surface area contributed by atoms with Crippen molar-refractivity contribution in [2.24, 2.45) is 0 Å². The first-order chi connectivity index (χ1) is 14.0. The number of carboxylic acids is 1. The number of allylic oxidation sites excluding steroid dienone is 1. The van der Waals surface area contributed by atoms with Crippen molar-refractivity contribution in [1.82, 2.24) is 0 Å². The lowest BCUT2D eigenvalue weighted by molar-refractivity contribution is 0.0697. The number of carbonyl (C=O) groups is 1. The van der Waals surface area contributed by atoms with Gasteiger partial charge < -0.3 is 19.0 Å². The lowest BCUT2D eigenvalue weighted by Crippen LogP contribution is -2.09. The first-order valence-electron chi connectivity index (χ1n) is 9.37. The standard InChI is InChI=1S/C23H20O6/c1-3-28-22-13(5-4-6-19(22)27-2)11-14-7-9-16-20(24)17-12-15(23(25)26)8-10-18(17)29-21(14)16/h4-6,8,10-12H,3,7,9H2,1-2H3,(H,25,26). The Kier molecular flexibility index (Phi) is 4.84. The Morgan fingerprint density at radius 2 is 2.07 bits per heavy atom. The quantitative estimate of drug-likeness (QED) is 0.693. The average molecular weight is 392 g/mol. The Bertz CT molecular complexity index is 1200. The number of rotatable bonds is 5. The van der Waals surface area contributed by atoms with Crippen molar-refractivity contribution in [2.45, 2.75) is 19.8 Å². The minimum Gasteiger partial charge on any atom is -0.493 e. The zero-order valence-corrected chi connectivity index (χ0v) is 16.2. The summed E-state index contributed by atoms with van der Waals surface area (Å²) >= 11 is 0. The van der Waals surface area contributed by atoms with E-state index >= 15 is 0 Å². The maximum absolute atomic E-state index is 12.9. The molecular weight excluding hydrogens is 372 g/mol. The molecule has 148 valence electrons. The molecule has 1 N–H and O–H groups in total. The summed E-state index contributed by atoms with van der Waals surface area (Å²) in [6.07, 6.45) is 3.16. The molecule has 6 heteroatoms. The Balaban J connectivity index is 1.86. The zero-order valence-electron chi connectivity index (χ0n) is 16.2. The van der Waals surface area contributed by atoms with E-state index in [1.165, 1.54) is 18.2 Å². The minimum atomic E-state index is -1.08. The molecule has 1 aliphatic rings. The number of carboxylic acid groups (broad SMARTS) is 1. The topological polar surface area (TPSA) is 86.0 Å². The predicted octanol–water partition coefficient (Wildman–Crippen LogP) is 4.39. The van der Waals surface area contributed by atoms with Crippen LogP contribution >= 0.6 is 0 Å². The number of fused-ring (bicyclic) bond motifs is 2. The lowest BCUT2D eigenvalue weighted by atomic mass is 10.1. The molecule has 0 atom stereocenters. The normalized spacial score (nSPS) is 14.2. The number of benzene rings is 2. The molecule has 0 spiro atoms. The van der Waals surface area contributed by atoms with Gasteiger partial charge in [0, 0.05) is 11.1 Å². The summed E-state index contributed by atoms with van der Waals surface area (Å²) in [5, 5.41) is 9.48. The largest absolute Gasteiger partial charge is 0.493 e. The van der Waals surface area contributed by atoms with Crippen molar-refractivity contribution in [3.63, 3.8) is 0 Å². The average Bonchev–Trinajstić information content (AvgIpc) is 3.12. The highest BCUT2D eigenvalue weighted by Crippen LogP contribution is 2.38. The van der Waals surface area contributed by atoms with Crippen molar-refractivity contribution < 1.29 is 23.8 Å². The van der Waals surface area contributed by atoms with Gasteiger partial charge in [0.2, 0.25) is 0 Å². The third-order valence-electron chi connectivity index (χ3n) is 5.02. The Labute approximate surface area is 167 Å². The highest BCUT2D eigenvalue weighted by molar-refractivity contribution is 5.94. The first-order valence-corrected chi connectivity index (χ1v) is 9.37. The van der Waals surface area contributed by atoms with Crippen LogP contribution in [-0.4, -0.2) is 24.8 Å². The van der Waals surface area contributed by atoms with Gasteiger partial charge >= 0.3 is 5.97 Å². The van der Waals surface area contributed by atoms with Crippen molar-refractivity contribution in [3.8, 4) is 11.5 Å². The Morgan fingerprint density at radius 1 is 1.24 bits per heavy atom. The molecule has 0 unspecified atom stereocenters. The van der Waals surface area contributed by atoms with Crippen LogP contribution in [0.15, 0.2) is 45.6 Å². The van der Waals surface area contributed by atoms with Crippen molar-refractivity contribution in [2.75, 3.05) is 13.7 Å². The molecule has 1 aromatic heterocycles. The molecule has 6 nitrogen and oxygen atoms in total. The number of methoxy groups -OCH3 is 1. The minimum absolute atomic E-state index is 0.0660. The molecule has 3 aromatic rings. The van der Waals surface area contributed by atoms with Crippen LogP contribution in [0.3, 0.4) is 0 Å². The summed E-state index contributed by atoms with van der Waals surface area (Å²) in [4.78, 5) is 24.2. The lowest BCUT2D eigenvalue weighted by Gasteiger charge is -2.12. The molecule has 29 heavy (non-hydrogen) atoms. The highest BCUT2D eigenvalue weighted by Gasteiger charge is 2.25. The maximum Gasteiger partial charge on any atom is 0.335 e. The number of hydrogen-bond donors (Lipinski definition) is 1. The van der Waals surface area contributed by atoms with Gasteiger partial charge in [-0.2, -0.15) is 0 Å². The van der Waals surface area contributed by atoms with E-state index in [9.17, 15) is 14.7 Å². The van der Waals surface area contributed by atoms with Crippen molar-refractivity contribution in [1.29, 1.82) is 0 Å². The number of ether oxygens (including phenoxy) is 2. The van der Waals surface area contributed by atoms with Crippen molar-refractivity contribution >= 4 is 28.6 Å². The summed E-state index contributed by atoms with van der Waals surface area (Å²) in [6, 6.07) is 10.00. The van der Waals surface area contributed by atoms with Gasteiger partial charge in [-0.1, -0.05) is 12.1 Å². The van der Waals surface area contributed by atoms with Gasteiger partial charge in [-0.05, 0) is 55.7 Å². The van der Waals surface area contributed by atoms with E-state index in [0.717, 1.165) is 11.1 Å².